The SMILES string of the molecule is CCNC(=NCCNS(=O)(=O)c1cccs1)N1CCc2ccccc21.I. The number of halogens is 1. The number of nitrogens with zero attached hydrogens (tertiary/aromatic N) is 2. The lowest BCUT2D eigenvalue weighted by Crippen LogP contribution is -2.41. The Morgan fingerprint density at radius 3 is 2.81 bits per heavy atom. The highest BCUT2D eigenvalue weighted by atomic mass is 127. The number of benzene rings is 1. The molecule has 0 unspecified atom stereocenters. The van der Waals surface area contributed by atoms with Crippen LogP contribution in [0, 0.1) is 0 Å². The van der Waals surface area contributed by atoms with Crippen LogP contribution >= 0.6 is 35.3 Å². The van der Waals surface area contributed by atoms with E-state index in [2.05, 4.69) is 32.1 Å². The minimum atomic E-state index is -3.43. The number of hydrogen-bond acceptors (Lipinski definition) is 4. The summed E-state index contributed by atoms with van der Waals surface area (Å²) in [6.07, 6.45) is 0.992. The maximum atomic E-state index is 12.1. The zero-order valence-electron chi connectivity index (χ0n) is 14.5. The summed E-state index contributed by atoms with van der Waals surface area (Å²) in [6.45, 7) is 4.32. The van der Waals surface area contributed by atoms with Gasteiger partial charge in [0.2, 0.25) is 10.0 Å². The second-order valence-electron chi connectivity index (χ2n) is 5.60. The molecule has 0 saturated heterocycles. The lowest BCUT2D eigenvalue weighted by atomic mass is 10.2. The van der Waals surface area contributed by atoms with Gasteiger partial charge in [0.25, 0.3) is 0 Å². The van der Waals surface area contributed by atoms with E-state index in [0.29, 0.717) is 10.8 Å². The number of nitrogens with one attached hydrogen (secondary N) is 2. The van der Waals surface area contributed by atoms with Crippen molar-refractivity contribution in [3.05, 3.63) is 47.3 Å². The van der Waals surface area contributed by atoms with Gasteiger partial charge in [0.05, 0.1) is 6.54 Å². The summed E-state index contributed by atoms with van der Waals surface area (Å²) >= 11 is 1.21. The monoisotopic (exact) mass is 506 g/mol. The van der Waals surface area contributed by atoms with E-state index in [1.807, 2.05) is 19.1 Å². The Balaban J connectivity index is 0.00000243. The van der Waals surface area contributed by atoms with Gasteiger partial charge < -0.3 is 10.2 Å². The van der Waals surface area contributed by atoms with Gasteiger partial charge in [-0.25, -0.2) is 13.1 Å². The molecule has 0 amide bonds. The molecule has 2 heterocycles. The predicted molar refractivity (Wildman–Crippen MR) is 118 cm³/mol. The Kier molecular flexibility index (Phi) is 7.86. The number of sulfonamides is 1. The van der Waals surface area contributed by atoms with E-state index >= 15 is 0 Å². The Morgan fingerprint density at radius 2 is 2.08 bits per heavy atom. The van der Waals surface area contributed by atoms with Gasteiger partial charge in [-0.3, -0.25) is 4.99 Å². The first-order valence-electron chi connectivity index (χ1n) is 8.29. The molecule has 1 aliphatic heterocycles. The third-order valence-corrected chi connectivity index (χ3v) is 6.76. The second-order valence-corrected chi connectivity index (χ2v) is 8.54. The molecular formula is C17H23IN4O2S2. The molecule has 0 spiro atoms. The molecule has 9 heteroatoms. The molecule has 3 rings (SSSR count). The Bertz CT molecular complexity index is 838. The molecule has 0 atom stereocenters. The Labute approximate surface area is 175 Å². The van der Waals surface area contributed by atoms with E-state index in [0.717, 1.165) is 25.5 Å². The summed E-state index contributed by atoms with van der Waals surface area (Å²) in [5.74, 6) is 0.794. The normalized spacial score (nSPS) is 14.0. The van der Waals surface area contributed by atoms with Gasteiger partial charge in [0.1, 0.15) is 4.21 Å². The van der Waals surface area contributed by atoms with Crippen LogP contribution in [0.5, 0.6) is 0 Å². The molecule has 6 nitrogen and oxygen atoms in total. The van der Waals surface area contributed by atoms with Gasteiger partial charge in [-0.1, -0.05) is 24.3 Å². The molecule has 1 aromatic carbocycles. The average molecular weight is 506 g/mol. The maximum absolute atomic E-state index is 12.1. The van der Waals surface area contributed by atoms with E-state index in [4.69, 9.17) is 0 Å². The van der Waals surface area contributed by atoms with Crippen LogP contribution in [0.25, 0.3) is 0 Å². The van der Waals surface area contributed by atoms with Gasteiger partial charge in [-0.05, 0) is 36.4 Å². The molecule has 0 saturated carbocycles. The molecule has 0 aliphatic carbocycles. The number of rotatable bonds is 6. The molecule has 2 N–H and O–H groups in total. The highest BCUT2D eigenvalue weighted by Gasteiger charge is 2.22. The standard InChI is InChI=1S/C17H22N4O2S2.HI/c1-2-18-17(21-12-9-14-6-3-4-7-15(14)21)19-10-11-20-25(22,23)16-8-5-13-24-16;/h3-8,13,20H,2,9-12H2,1H3,(H,18,19);1H. The first-order chi connectivity index (χ1) is 12.1. The number of aliphatic imine (C=N–C) groups is 1. The fourth-order valence-electron chi connectivity index (χ4n) is 2.78. The summed E-state index contributed by atoms with van der Waals surface area (Å²) in [7, 11) is -3.43. The first-order valence-corrected chi connectivity index (χ1v) is 10.6. The van der Waals surface area contributed by atoms with Gasteiger partial charge in [-0.15, -0.1) is 35.3 Å². The van der Waals surface area contributed by atoms with Crippen LogP contribution in [0.3, 0.4) is 0 Å². The van der Waals surface area contributed by atoms with Gasteiger partial charge in [-0.2, -0.15) is 0 Å². The number of anilines is 1. The first kappa shape index (κ1) is 21.1. The van der Waals surface area contributed by atoms with Crippen molar-refractivity contribution >= 4 is 57.0 Å². The topological polar surface area (TPSA) is 73.8 Å². The van der Waals surface area contributed by atoms with Crippen molar-refractivity contribution in [2.24, 2.45) is 4.99 Å². The van der Waals surface area contributed by atoms with E-state index in [1.54, 1.807) is 17.5 Å². The van der Waals surface area contributed by atoms with E-state index in [1.165, 1.54) is 22.6 Å². The smallest absolute Gasteiger partial charge is 0.250 e. The Morgan fingerprint density at radius 1 is 1.27 bits per heavy atom. The van der Waals surface area contributed by atoms with Crippen LogP contribution in [0.1, 0.15) is 12.5 Å². The molecule has 1 aliphatic rings. The zero-order chi connectivity index (χ0) is 17.7. The number of guanidine groups is 1. The van der Waals surface area contributed by atoms with Gasteiger partial charge in [0, 0.05) is 25.3 Å². The van der Waals surface area contributed by atoms with Crippen LogP contribution in [0.2, 0.25) is 0 Å². The van der Waals surface area contributed by atoms with Crippen molar-refractivity contribution in [1.82, 2.24) is 10.0 Å². The van der Waals surface area contributed by atoms with Crippen molar-refractivity contribution in [3.63, 3.8) is 0 Å². The van der Waals surface area contributed by atoms with E-state index in [-0.39, 0.29) is 30.5 Å². The van der Waals surface area contributed by atoms with Crippen molar-refractivity contribution in [2.75, 3.05) is 31.1 Å². The van der Waals surface area contributed by atoms with Gasteiger partial charge in [0.15, 0.2) is 5.96 Å². The highest BCUT2D eigenvalue weighted by Crippen LogP contribution is 2.27. The number of hydrogen-bond donors (Lipinski definition) is 2. The molecule has 1 aromatic heterocycles. The van der Waals surface area contributed by atoms with Crippen LogP contribution < -0.4 is 14.9 Å². The van der Waals surface area contributed by atoms with E-state index < -0.39 is 10.0 Å². The second kappa shape index (κ2) is 9.67. The maximum Gasteiger partial charge on any atom is 0.250 e. The number of fused-ring (bicyclic) bond motifs is 1. The zero-order valence-corrected chi connectivity index (χ0v) is 18.5. The van der Waals surface area contributed by atoms with Crippen molar-refractivity contribution in [3.8, 4) is 0 Å². The predicted octanol–water partition coefficient (Wildman–Crippen LogP) is 2.67. The van der Waals surface area contributed by atoms with Crippen LogP contribution in [-0.4, -0.2) is 40.6 Å². The third kappa shape index (κ3) is 4.96. The highest BCUT2D eigenvalue weighted by molar-refractivity contribution is 14.0. The Hall–Kier alpha value is -1.17. The molecule has 142 valence electrons. The van der Waals surface area contributed by atoms with Crippen molar-refractivity contribution in [2.45, 2.75) is 17.6 Å². The molecule has 26 heavy (non-hydrogen) atoms. The minimum absolute atomic E-state index is 0. The van der Waals surface area contributed by atoms with Crippen LogP contribution in [0.15, 0.2) is 51.0 Å². The third-order valence-electron chi connectivity index (χ3n) is 3.90. The van der Waals surface area contributed by atoms with Crippen molar-refractivity contribution < 1.29 is 8.42 Å². The summed E-state index contributed by atoms with van der Waals surface area (Å²) < 4.78 is 27.1. The van der Waals surface area contributed by atoms with Crippen LogP contribution in [0.4, 0.5) is 5.69 Å². The van der Waals surface area contributed by atoms with Crippen molar-refractivity contribution in [1.29, 1.82) is 0 Å². The molecular weight excluding hydrogens is 483 g/mol. The lowest BCUT2D eigenvalue weighted by molar-refractivity contribution is 0.584. The average Bonchev–Trinajstić information content (AvgIpc) is 3.27. The largest absolute Gasteiger partial charge is 0.356 e. The molecule has 2 aromatic rings. The van der Waals surface area contributed by atoms with Crippen LogP contribution in [-0.2, 0) is 16.4 Å². The number of para-hydroxylation sites is 1. The van der Waals surface area contributed by atoms with E-state index in [9.17, 15) is 8.42 Å². The fraction of sp³-hybridized carbons (Fsp3) is 0.353. The minimum Gasteiger partial charge on any atom is -0.356 e. The molecule has 0 bridgehead atoms. The summed E-state index contributed by atoms with van der Waals surface area (Å²) in [5, 5.41) is 5.04. The fourth-order valence-corrected chi connectivity index (χ4v) is 4.84. The summed E-state index contributed by atoms with van der Waals surface area (Å²) in [5.41, 5.74) is 2.48. The lowest BCUT2D eigenvalue weighted by Gasteiger charge is -2.22. The van der Waals surface area contributed by atoms with Gasteiger partial charge >= 0.3 is 0 Å². The molecule has 0 fully saturated rings. The summed E-state index contributed by atoms with van der Waals surface area (Å²) in [6, 6.07) is 11.6. The quantitative estimate of drug-likeness (QED) is 0.274. The molecule has 0 radical (unpaired) electrons. The number of thiophene rings is 1. The summed E-state index contributed by atoms with van der Waals surface area (Å²) in [4.78, 5) is 6.75.